The molecule has 148 valence electrons. The van der Waals surface area contributed by atoms with Crippen LogP contribution in [-0.4, -0.2) is 34.1 Å². The van der Waals surface area contributed by atoms with Crippen LogP contribution in [-0.2, 0) is 9.59 Å². The van der Waals surface area contributed by atoms with E-state index in [-0.39, 0.29) is 22.0 Å². The highest BCUT2D eigenvalue weighted by Crippen LogP contribution is 2.27. The molecule has 0 fully saturated rings. The number of para-hydroxylation sites is 1. The van der Waals surface area contributed by atoms with Gasteiger partial charge in [0.05, 0.1) is 17.4 Å². The SMILES string of the molecule is Cc1c(-c2ccccc2)oc2c(C(=O)N[C@@H](CC(=O)O)C(=O)O)cccc2c1=O. The summed E-state index contributed by atoms with van der Waals surface area (Å²) < 4.78 is 5.91. The average Bonchev–Trinajstić information content (AvgIpc) is 2.70. The molecule has 1 aromatic heterocycles. The zero-order valence-electron chi connectivity index (χ0n) is 15.3. The molecular weight excluding hydrogens is 378 g/mol. The zero-order valence-corrected chi connectivity index (χ0v) is 15.3. The minimum Gasteiger partial charge on any atom is -0.481 e. The van der Waals surface area contributed by atoms with Gasteiger partial charge >= 0.3 is 11.9 Å². The summed E-state index contributed by atoms with van der Waals surface area (Å²) in [6, 6.07) is 11.6. The van der Waals surface area contributed by atoms with Crippen LogP contribution in [0.15, 0.2) is 57.7 Å². The van der Waals surface area contributed by atoms with Gasteiger partial charge in [-0.2, -0.15) is 0 Å². The lowest BCUT2D eigenvalue weighted by molar-refractivity contribution is -0.145. The largest absolute Gasteiger partial charge is 0.481 e. The Kier molecular flexibility index (Phi) is 5.45. The Morgan fingerprint density at radius 2 is 1.72 bits per heavy atom. The molecule has 0 bridgehead atoms. The second-order valence-electron chi connectivity index (χ2n) is 6.40. The molecule has 1 heterocycles. The van der Waals surface area contributed by atoms with Gasteiger partial charge in [-0.05, 0) is 19.1 Å². The van der Waals surface area contributed by atoms with E-state index in [9.17, 15) is 19.2 Å². The molecule has 8 nitrogen and oxygen atoms in total. The maximum absolute atomic E-state index is 12.8. The fourth-order valence-electron chi connectivity index (χ4n) is 2.96. The molecule has 0 aliphatic carbocycles. The van der Waals surface area contributed by atoms with Gasteiger partial charge in [-0.25, -0.2) is 4.79 Å². The van der Waals surface area contributed by atoms with E-state index in [1.807, 2.05) is 6.07 Å². The van der Waals surface area contributed by atoms with Crippen molar-refractivity contribution in [3.63, 3.8) is 0 Å². The van der Waals surface area contributed by atoms with E-state index in [2.05, 4.69) is 5.32 Å². The molecule has 0 aliphatic rings. The van der Waals surface area contributed by atoms with Gasteiger partial charge in [0.15, 0.2) is 11.0 Å². The highest BCUT2D eigenvalue weighted by Gasteiger charge is 2.25. The van der Waals surface area contributed by atoms with Crippen LogP contribution >= 0.6 is 0 Å². The number of carbonyl (C=O) groups excluding carboxylic acids is 1. The van der Waals surface area contributed by atoms with Crippen LogP contribution in [0.4, 0.5) is 0 Å². The van der Waals surface area contributed by atoms with Crippen molar-refractivity contribution in [3.8, 4) is 11.3 Å². The molecule has 3 N–H and O–H groups in total. The van der Waals surface area contributed by atoms with Crippen molar-refractivity contribution in [1.82, 2.24) is 5.32 Å². The molecule has 3 aromatic rings. The standard InChI is InChI=1S/C21H17NO7/c1-11-17(25)13-8-5-9-14(20(26)22-15(21(27)28)10-16(23)24)19(13)29-18(11)12-6-3-2-4-7-12/h2-9,15H,10H2,1H3,(H,22,26)(H,23,24)(H,27,28)/t15-/m0/s1. The quantitative estimate of drug-likeness (QED) is 0.583. The Hall–Kier alpha value is -3.94. The first-order chi connectivity index (χ1) is 13.8. The molecule has 8 heteroatoms. The van der Waals surface area contributed by atoms with E-state index in [0.29, 0.717) is 16.9 Å². The number of aliphatic carboxylic acids is 2. The summed E-state index contributed by atoms with van der Waals surface area (Å²) in [5.74, 6) is -3.41. The number of hydrogen-bond donors (Lipinski definition) is 3. The van der Waals surface area contributed by atoms with Crippen LogP contribution in [0.25, 0.3) is 22.3 Å². The summed E-state index contributed by atoms with van der Waals surface area (Å²) in [5.41, 5.74) is 0.636. The first-order valence-corrected chi connectivity index (χ1v) is 8.67. The van der Waals surface area contributed by atoms with E-state index in [1.165, 1.54) is 18.2 Å². The van der Waals surface area contributed by atoms with E-state index < -0.39 is 30.3 Å². The van der Waals surface area contributed by atoms with Crippen LogP contribution in [0.5, 0.6) is 0 Å². The maximum Gasteiger partial charge on any atom is 0.326 e. The fraction of sp³-hybridized carbons (Fsp3) is 0.143. The van der Waals surface area contributed by atoms with Crippen molar-refractivity contribution in [2.75, 3.05) is 0 Å². The Labute approximate surface area is 164 Å². The van der Waals surface area contributed by atoms with E-state index >= 15 is 0 Å². The highest BCUT2D eigenvalue weighted by atomic mass is 16.4. The van der Waals surface area contributed by atoms with Gasteiger partial charge in [0, 0.05) is 11.1 Å². The molecule has 3 rings (SSSR count). The van der Waals surface area contributed by atoms with Crippen molar-refractivity contribution < 1.29 is 29.0 Å². The van der Waals surface area contributed by atoms with Crippen LogP contribution in [0.2, 0.25) is 0 Å². The van der Waals surface area contributed by atoms with Gasteiger partial charge in [-0.1, -0.05) is 36.4 Å². The van der Waals surface area contributed by atoms with Gasteiger partial charge in [0.25, 0.3) is 5.91 Å². The van der Waals surface area contributed by atoms with Crippen LogP contribution < -0.4 is 10.7 Å². The monoisotopic (exact) mass is 395 g/mol. The molecule has 2 aromatic carbocycles. The number of rotatable bonds is 6. The number of hydrogen-bond acceptors (Lipinski definition) is 5. The molecule has 1 amide bonds. The van der Waals surface area contributed by atoms with Crippen LogP contribution in [0.3, 0.4) is 0 Å². The molecule has 0 saturated heterocycles. The topological polar surface area (TPSA) is 134 Å². The predicted molar refractivity (Wildman–Crippen MR) is 104 cm³/mol. The molecule has 0 unspecified atom stereocenters. The number of carboxylic acids is 2. The van der Waals surface area contributed by atoms with E-state index in [0.717, 1.165) is 0 Å². The summed E-state index contributed by atoms with van der Waals surface area (Å²) in [6.07, 6.45) is -0.788. The summed E-state index contributed by atoms with van der Waals surface area (Å²) in [5, 5.41) is 20.3. The number of nitrogens with one attached hydrogen (secondary N) is 1. The summed E-state index contributed by atoms with van der Waals surface area (Å²) >= 11 is 0. The fourth-order valence-corrected chi connectivity index (χ4v) is 2.96. The van der Waals surface area contributed by atoms with Gasteiger partial charge < -0.3 is 19.9 Å². The predicted octanol–water partition coefficient (Wildman–Crippen LogP) is 2.43. The third-order valence-electron chi connectivity index (χ3n) is 4.41. The minimum absolute atomic E-state index is 0.00100. The van der Waals surface area contributed by atoms with Crippen molar-refractivity contribution in [2.24, 2.45) is 0 Å². The third-order valence-corrected chi connectivity index (χ3v) is 4.41. The van der Waals surface area contributed by atoms with Crippen molar-refractivity contribution in [3.05, 3.63) is 69.9 Å². The normalized spacial score (nSPS) is 11.8. The first kappa shape index (κ1) is 19.8. The molecule has 0 aliphatic heterocycles. The van der Waals surface area contributed by atoms with Gasteiger partial charge in [-0.15, -0.1) is 0 Å². The molecule has 0 saturated carbocycles. The Morgan fingerprint density at radius 3 is 2.34 bits per heavy atom. The lowest BCUT2D eigenvalue weighted by atomic mass is 10.0. The van der Waals surface area contributed by atoms with Crippen LogP contribution in [0, 0.1) is 6.92 Å². The second kappa shape index (κ2) is 7.97. The molecular formula is C21H17NO7. The third kappa shape index (κ3) is 4.01. The number of carbonyl (C=O) groups is 3. The average molecular weight is 395 g/mol. The lowest BCUT2D eigenvalue weighted by Gasteiger charge is -2.14. The Morgan fingerprint density at radius 1 is 1.03 bits per heavy atom. The lowest BCUT2D eigenvalue weighted by Crippen LogP contribution is -2.42. The zero-order chi connectivity index (χ0) is 21.1. The van der Waals surface area contributed by atoms with Crippen molar-refractivity contribution in [2.45, 2.75) is 19.4 Å². The molecule has 0 radical (unpaired) electrons. The molecule has 0 spiro atoms. The number of benzene rings is 2. The van der Waals surface area contributed by atoms with E-state index in [1.54, 1.807) is 31.2 Å². The van der Waals surface area contributed by atoms with Gasteiger partial charge in [0.1, 0.15) is 11.8 Å². The maximum atomic E-state index is 12.8. The summed E-state index contributed by atoms with van der Waals surface area (Å²) in [6.45, 7) is 1.62. The van der Waals surface area contributed by atoms with Crippen molar-refractivity contribution >= 4 is 28.8 Å². The summed E-state index contributed by atoms with van der Waals surface area (Å²) in [4.78, 5) is 47.6. The van der Waals surface area contributed by atoms with Crippen molar-refractivity contribution in [1.29, 1.82) is 0 Å². The molecule has 29 heavy (non-hydrogen) atoms. The smallest absolute Gasteiger partial charge is 0.326 e. The second-order valence-corrected chi connectivity index (χ2v) is 6.40. The summed E-state index contributed by atoms with van der Waals surface area (Å²) in [7, 11) is 0. The number of carboxylic acid groups (broad SMARTS) is 2. The van der Waals surface area contributed by atoms with Crippen LogP contribution in [0.1, 0.15) is 22.3 Å². The Bertz CT molecular complexity index is 1160. The Balaban J connectivity index is 2.13. The number of amides is 1. The van der Waals surface area contributed by atoms with E-state index in [4.69, 9.17) is 14.6 Å². The number of fused-ring (bicyclic) bond motifs is 1. The van der Waals surface area contributed by atoms with Gasteiger partial charge in [-0.3, -0.25) is 14.4 Å². The van der Waals surface area contributed by atoms with Gasteiger partial charge in [0.2, 0.25) is 0 Å². The minimum atomic E-state index is -1.62. The molecule has 1 atom stereocenters. The first-order valence-electron chi connectivity index (χ1n) is 8.67. The highest BCUT2D eigenvalue weighted by molar-refractivity contribution is 6.06.